The second-order valence-electron chi connectivity index (χ2n) is 5.37. The van der Waals surface area contributed by atoms with E-state index in [0.29, 0.717) is 13.2 Å². The number of hydrogen-bond donors (Lipinski definition) is 0. The molecule has 1 aliphatic heterocycles. The molecule has 1 aromatic carbocycles. The molecule has 0 radical (unpaired) electrons. The molecule has 0 spiro atoms. The number of ether oxygens (including phenoxy) is 1. The second-order valence-corrected chi connectivity index (χ2v) is 5.37. The molecule has 1 atom stereocenters. The van der Waals surface area contributed by atoms with E-state index >= 15 is 0 Å². The fraction of sp³-hybridized carbons (Fsp3) is 0.533. The normalized spacial score (nSPS) is 20.2. The fourth-order valence-electron chi connectivity index (χ4n) is 2.11. The molecule has 18 heavy (non-hydrogen) atoms. The summed E-state index contributed by atoms with van der Waals surface area (Å²) in [4.78, 5) is 14.4. The van der Waals surface area contributed by atoms with Gasteiger partial charge in [0.15, 0.2) is 6.23 Å². The van der Waals surface area contributed by atoms with Crippen LogP contribution in [0, 0.1) is 5.41 Å². The molecule has 3 nitrogen and oxygen atoms in total. The third-order valence-electron chi connectivity index (χ3n) is 3.70. The van der Waals surface area contributed by atoms with Gasteiger partial charge in [0.05, 0.1) is 6.61 Å². The van der Waals surface area contributed by atoms with E-state index in [9.17, 15) is 4.79 Å². The molecule has 1 saturated heterocycles. The van der Waals surface area contributed by atoms with Gasteiger partial charge in [-0.25, -0.2) is 0 Å². The highest BCUT2D eigenvalue weighted by atomic mass is 16.5. The standard InChI is InChI=1S/C15H21NO2/c1-4-15(2,3)14(17)16-10-11-18-13(16)12-8-6-5-7-9-12/h5-9,13H,4,10-11H2,1-3H3/t13-/m1/s1. The van der Waals surface area contributed by atoms with Crippen molar-refractivity contribution in [3.63, 3.8) is 0 Å². The molecule has 3 heteroatoms. The highest BCUT2D eigenvalue weighted by Crippen LogP contribution is 2.32. The number of carbonyl (C=O) groups excluding carboxylic acids is 1. The predicted octanol–water partition coefficient (Wildman–Crippen LogP) is 2.98. The van der Waals surface area contributed by atoms with Crippen LogP contribution >= 0.6 is 0 Å². The van der Waals surface area contributed by atoms with Crippen molar-refractivity contribution in [2.24, 2.45) is 5.41 Å². The molecule has 1 aromatic rings. The van der Waals surface area contributed by atoms with Crippen molar-refractivity contribution in [1.82, 2.24) is 4.90 Å². The molecule has 2 rings (SSSR count). The summed E-state index contributed by atoms with van der Waals surface area (Å²) in [6.45, 7) is 7.34. The van der Waals surface area contributed by atoms with Gasteiger partial charge in [0.2, 0.25) is 5.91 Å². The smallest absolute Gasteiger partial charge is 0.230 e. The van der Waals surface area contributed by atoms with Gasteiger partial charge in [0.25, 0.3) is 0 Å². The molecule has 98 valence electrons. The Labute approximate surface area is 109 Å². The molecule has 0 saturated carbocycles. The molecule has 0 bridgehead atoms. The molecular weight excluding hydrogens is 226 g/mol. The first-order valence-electron chi connectivity index (χ1n) is 6.54. The van der Waals surface area contributed by atoms with E-state index < -0.39 is 0 Å². The van der Waals surface area contributed by atoms with Gasteiger partial charge in [-0.2, -0.15) is 0 Å². The van der Waals surface area contributed by atoms with Crippen LogP contribution in [0.25, 0.3) is 0 Å². The van der Waals surface area contributed by atoms with E-state index in [1.165, 1.54) is 0 Å². The molecule has 0 unspecified atom stereocenters. The van der Waals surface area contributed by atoms with Gasteiger partial charge in [0, 0.05) is 17.5 Å². The van der Waals surface area contributed by atoms with Crippen molar-refractivity contribution in [2.75, 3.05) is 13.2 Å². The summed E-state index contributed by atoms with van der Waals surface area (Å²) in [6.07, 6.45) is 0.619. The Hall–Kier alpha value is -1.35. The van der Waals surface area contributed by atoms with Crippen molar-refractivity contribution in [2.45, 2.75) is 33.4 Å². The van der Waals surface area contributed by atoms with Gasteiger partial charge in [-0.3, -0.25) is 4.79 Å². The Bertz CT molecular complexity index is 414. The SMILES string of the molecule is CCC(C)(C)C(=O)N1CCO[C@@H]1c1ccccc1. The Balaban J connectivity index is 2.21. The lowest BCUT2D eigenvalue weighted by atomic mass is 9.88. The molecule has 0 aliphatic carbocycles. The third-order valence-corrected chi connectivity index (χ3v) is 3.70. The molecule has 0 N–H and O–H groups in total. The van der Waals surface area contributed by atoms with Gasteiger partial charge < -0.3 is 9.64 Å². The lowest BCUT2D eigenvalue weighted by molar-refractivity contribution is -0.145. The number of hydrogen-bond acceptors (Lipinski definition) is 2. The van der Waals surface area contributed by atoms with Crippen molar-refractivity contribution in [3.05, 3.63) is 35.9 Å². The van der Waals surface area contributed by atoms with Crippen LogP contribution in [0.4, 0.5) is 0 Å². The van der Waals surface area contributed by atoms with E-state index in [0.717, 1.165) is 12.0 Å². The minimum absolute atomic E-state index is 0.177. The van der Waals surface area contributed by atoms with E-state index in [1.54, 1.807) is 0 Å². The summed E-state index contributed by atoms with van der Waals surface area (Å²) in [5.41, 5.74) is 0.732. The van der Waals surface area contributed by atoms with Crippen molar-refractivity contribution >= 4 is 5.91 Å². The summed E-state index contributed by atoms with van der Waals surface area (Å²) in [7, 11) is 0. The number of amides is 1. The first kappa shape index (κ1) is 13.1. The zero-order valence-electron chi connectivity index (χ0n) is 11.3. The monoisotopic (exact) mass is 247 g/mol. The van der Waals surface area contributed by atoms with Crippen LogP contribution in [-0.2, 0) is 9.53 Å². The van der Waals surface area contributed by atoms with Gasteiger partial charge in [-0.15, -0.1) is 0 Å². The van der Waals surface area contributed by atoms with Crippen LogP contribution < -0.4 is 0 Å². The number of nitrogens with zero attached hydrogens (tertiary/aromatic N) is 1. The Morgan fingerprint density at radius 1 is 1.39 bits per heavy atom. The number of rotatable bonds is 3. The summed E-state index contributed by atoms with van der Waals surface area (Å²) >= 11 is 0. The zero-order chi connectivity index (χ0) is 13.2. The first-order valence-corrected chi connectivity index (χ1v) is 6.54. The fourth-order valence-corrected chi connectivity index (χ4v) is 2.11. The molecule has 1 heterocycles. The van der Waals surface area contributed by atoms with E-state index in [4.69, 9.17) is 4.74 Å². The molecule has 0 aromatic heterocycles. The first-order chi connectivity index (χ1) is 8.56. The second kappa shape index (κ2) is 5.11. The van der Waals surface area contributed by atoms with Crippen molar-refractivity contribution in [3.8, 4) is 0 Å². The van der Waals surface area contributed by atoms with Crippen LogP contribution in [-0.4, -0.2) is 24.0 Å². The maximum atomic E-state index is 12.5. The highest BCUT2D eigenvalue weighted by molar-refractivity contribution is 5.82. The lowest BCUT2D eigenvalue weighted by Gasteiger charge is -2.31. The van der Waals surface area contributed by atoms with Crippen LogP contribution in [0.2, 0.25) is 0 Å². The van der Waals surface area contributed by atoms with Crippen LogP contribution in [0.5, 0.6) is 0 Å². The van der Waals surface area contributed by atoms with Gasteiger partial charge in [-0.1, -0.05) is 51.1 Å². The summed E-state index contributed by atoms with van der Waals surface area (Å²) in [6, 6.07) is 9.94. The average Bonchev–Trinajstić information content (AvgIpc) is 2.87. The minimum atomic E-state index is -0.319. The van der Waals surface area contributed by atoms with Gasteiger partial charge in [-0.05, 0) is 6.42 Å². The lowest BCUT2D eigenvalue weighted by Crippen LogP contribution is -2.40. The Morgan fingerprint density at radius 3 is 2.67 bits per heavy atom. The minimum Gasteiger partial charge on any atom is -0.352 e. The van der Waals surface area contributed by atoms with E-state index in [1.807, 2.05) is 56.0 Å². The quantitative estimate of drug-likeness (QED) is 0.821. The van der Waals surface area contributed by atoms with Gasteiger partial charge >= 0.3 is 0 Å². The predicted molar refractivity (Wildman–Crippen MR) is 70.9 cm³/mol. The number of benzene rings is 1. The maximum Gasteiger partial charge on any atom is 0.230 e. The third kappa shape index (κ3) is 2.41. The van der Waals surface area contributed by atoms with Gasteiger partial charge in [0.1, 0.15) is 0 Å². The van der Waals surface area contributed by atoms with Crippen LogP contribution in [0.15, 0.2) is 30.3 Å². The molecule has 1 amide bonds. The van der Waals surface area contributed by atoms with Crippen LogP contribution in [0.1, 0.15) is 39.0 Å². The maximum absolute atomic E-state index is 12.5. The molecule has 1 fully saturated rings. The Morgan fingerprint density at radius 2 is 2.06 bits per heavy atom. The highest BCUT2D eigenvalue weighted by Gasteiger charge is 2.37. The molecular formula is C15H21NO2. The Kier molecular flexibility index (Phi) is 3.71. The summed E-state index contributed by atoms with van der Waals surface area (Å²) in [5, 5.41) is 0. The zero-order valence-corrected chi connectivity index (χ0v) is 11.3. The number of carbonyl (C=O) groups is 1. The van der Waals surface area contributed by atoms with Crippen molar-refractivity contribution < 1.29 is 9.53 Å². The largest absolute Gasteiger partial charge is 0.352 e. The van der Waals surface area contributed by atoms with Crippen molar-refractivity contribution in [1.29, 1.82) is 0 Å². The van der Waals surface area contributed by atoms with Crippen LogP contribution in [0.3, 0.4) is 0 Å². The molecule has 1 aliphatic rings. The summed E-state index contributed by atoms with van der Waals surface area (Å²) < 4.78 is 5.72. The van der Waals surface area contributed by atoms with E-state index in [2.05, 4.69) is 0 Å². The topological polar surface area (TPSA) is 29.5 Å². The summed E-state index contributed by atoms with van der Waals surface area (Å²) in [5.74, 6) is 0.177. The van der Waals surface area contributed by atoms with E-state index in [-0.39, 0.29) is 17.6 Å². The average molecular weight is 247 g/mol.